The van der Waals surface area contributed by atoms with Crippen molar-refractivity contribution < 1.29 is 31.9 Å². The fourth-order valence-corrected chi connectivity index (χ4v) is 6.54. The average Bonchev–Trinajstić information content (AvgIpc) is 3.63. The molecule has 0 unspecified atom stereocenters. The van der Waals surface area contributed by atoms with Crippen LogP contribution in [0.3, 0.4) is 0 Å². The molecule has 4 aromatic rings. The molecule has 1 atom stereocenters. The van der Waals surface area contributed by atoms with Crippen molar-refractivity contribution in [1.29, 1.82) is 0 Å². The van der Waals surface area contributed by atoms with Gasteiger partial charge in [-0.2, -0.15) is 0 Å². The zero-order valence-electron chi connectivity index (χ0n) is 22.2. The first-order chi connectivity index (χ1) is 19.8. The Kier molecular flexibility index (Phi) is 8.22. The summed E-state index contributed by atoms with van der Waals surface area (Å²) >= 11 is 1.52. The molecule has 1 saturated heterocycles. The highest BCUT2D eigenvalue weighted by molar-refractivity contribution is 8.00. The van der Waals surface area contributed by atoms with Crippen LogP contribution in [0.25, 0.3) is 0 Å². The standard InChI is InChI=1S/C29H27N3O7S2/c1-37-22-11-14-25(26(16-22)38-2)31-41(35,36)24-12-9-21(10-13-24)30-28(34)19-5-7-20(8-6-19)29-32(27(33)18-40-29)17-23-4-3-15-39-23/h3-16,29,31H,17-18H2,1-2H3,(H,30,34)/t29-/m0/s1. The number of ether oxygens (including phenoxy) is 2. The van der Waals surface area contributed by atoms with Crippen LogP contribution in [-0.4, -0.2) is 45.1 Å². The average molecular weight is 594 g/mol. The SMILES string of the molecule is COc1ccc(NS(=O)(=O)c2ccc(NC(=O)c3ccc([C@@H]4SCC(=O)N4Cc4ccco4)cc3)cc2)c(OC)c1. The predicted octanol–water partition coefficient (Wildman–Crippen LogP) is 5.12. The highest BCUT2D eigenvalue weighted by Gasteiger charge is 2.33. The minimum atomic E-state index is -3.92. The van der Waals surface area contributed by atoms with Gasteiger partial charge in [0.05, 0.1) is 43.4 Å². The number of sulfonamides is 1. The Morgan fingerprint density at radius 1 is 1.02 bits per heavy atom. The van der Waals surface area contributed by atoms with Crippen molar-refractivity contribution in [3.8, 4) is 11.5 Å². The summed E-state index contributed by atoms with van der Waals surface area (Å²) in [4.78, 5) is 27.1. The van der Waals surface area contributed by atoms with Gasteiger partial charge in [-0.05, 0) is 66.2 Å². The molecule has 10 nitrogen and oxygen atoms in total. The fourth-order valence-electron chi connectivity index (χ4n) is 4.28. The smallest absolute Gasteiger partial charge is 0.262 e. The van der Waals surface area contributed by atoms with E-state index in [1.54, 1.807) is 47.6 Å². The minimum absolute atomic E-state index is 0.0143. The van der Waals surface area contributed by atoms with Gasteiger partial charge in [-0.1, -0.05) is 12.1 Å². The molecule has 1 aliphatic rings. The summed E-state index contributed by atoms with van der Waals surface area (Å²) in [6.45, 7) is 0.376. The Balaban J connectivity index is 1.23. The number of hydrogen-bond acceptors (Lipinski definition) is 8. The second-order valence-corrected chi connectivity index (χ2v) is 11.8. The lowest BCUT2D eigenvalue weighted by atomic mass is 10.1. The number of carbonyl (C=O) groups is 2. The molecule has 2 heterocycles. The number of rotatable bonds is 10. The number of amides is 2. The van der Waals surface area contributed by atoms with Crippen molar-refractivity contribution in [3.63, 3.8) is 0 Å². The topological polar surface area (TPSA) is 127 Å². The third kappa shape index (κ3) is 6.34. The second-order valence-electron chi connectivity index (χ2n) is 9.04. The van der Waals surface area contributed by atoms with Gasteiger partial charge >= 0.3 is 0 Å². The highest BCUT2D eigenvalue weighted by Crippen LogP contribution is 2.39. The maximum absolute atomic E-state index is 12.9. The van der Waals surface area contributed by atoms with Crippen LogP contribution in [-0.2, 0) is 21.4 Å². The fraction of sp³-hybridized carbons (Fsp3) is 0.172. The lowest BCUT2D eigenvalue weighted by Gasteiger charge is -2.23. The van der Waals surface area contributed by atoms with E-state index in [1.807, 2.05) is 18.2 Å². The Morgan fingerprint density at radius 2 is 1.78 bits per heavy atom. The Bertz CT molecular complexity index is 1640. The number of methoxy groups -OCH3 is 2. The quantitative estimate of drug-likeness (QED) is 0.259. The van der Waals surface area contributed by atoms with Crippen LogP contribution in [0.4, 0.5) is 11.4 Å². The van der Waals surface area contributed by atoms with Crippen LogP contribution in [0.15, 0.2) is 94.4 Å². The summed E-state index contributed by atoms with van der Waals surface area (Å²) in [5.74, 6) is 1.60. The Hall–Kier alpha value is -4.42. The molecule has 41 heavy (non-hydrogen) atoms. The molecule has 1 fully saturated rings. The van der Waals surface area contributed by atoms with Crippen LogP contribution in [0.2, 0.25) is 0 Å². The first kappa shape index (κ1) is 28.1. The van der Waals surface area contributed by atoms with Gasteiger partial charge in [-0.3, -0.25) is 14.3 Å². The summed E-state index contributed by atoms with van der Waals surface area (Å²) in [5.41, 5.74) is 2.02. The van der Waals surface area contributed by atoms with Crippen molar-refractivity contribution >= 4 is 45.0 Å². The number of benzene rings is 3. The molecule has 2 amide bonds. The van der Waals surface area contributed by atoms with Gasteiger partial charge in [0.2, 0.25) is 5.91 Å². The third-order valence-corrected chi connectivity index (χ3v) is 9.05. The van der Waals surface area contributed by atoms with Crippen molar-refractivity contribution in [3.05, 3.63) is 102 Å². The van der Waals surface area contributed by atoms with E-state index in [9.17, 15) is 18.0 Å². The van der Waals surface area contributed by atoms with Gasteiger partial charge in [-0.25, -0.2) is 8.42 Å². The Labute approximate surface area is 241 Å². The molecule has 1 aromatic heterocycles. The first-order valence-corrected chi connectivity index (χ1v) is 15.0. The number of anilines is 2. The maximum Gasteiger partial charge on any atom is 0.262 e. The number of nitrogens with zero attached hydrogens (tertiary/aromatic N) is 1. The van der Waals surface area contributed by atoms with Gasteiger partial charge in [0.15, 0.2) is 0 Å². The van der Waals surface area contributed by atoms with Gasteiger partial charge < -0.3 is 24.1 Å². The molecule has 1 aliphatic heterocycles. The predicted molar refractivity (Wildman–Crippen MR) is 156 cm³/mol. The zero-order chi connectivity index (χ0) is 29.0. The summed E-state index contributed by atoms with van der Waals surface area (Å²) in [6, 6.07) is 21.2. The van der Waals surface area contributed by atoms with Gasteiger partial charge in [0.1, 0.15) is 22.6 Å². The second kappa shape index (κ2) is 12.0. The lowest BCUT2D eigenvalue weighted by Crippen LogP contribution is -2.27. The molecule has 5 rings (SSSR count). The van der Waals surface area contributed by atoms with Gasteiger partial charge in [-0.15, -0.1) is 11.8 Å². The summed E-state index contributed by atoms with van der Waals surface area (Å²) in [5, 5.41) is 2.61. The Morgan fingerprint density at radius 3 is 2.44 bits per heavy atom. The van der Waals surface area contributed by atoms with E-state index in [0.29, 0.717) is 40.8 Å². The van der Waals surface area contributed by atoms with Crippen LogP contribution in [0.1, 0.15) is 27.1 Å². The van der Waals surface area contributed by atoms with E-state index >= 15 is 0 Å². The monoisotopic (exact) mass is 593 g/mol. The molecule has 0 saturated carbocycles. The molecular formula is C29H27N3O7S2. The number of carbonyl (C=O) groups excluding carboxylic acids is 2. The first-order valence-electron chi connectivity index (χ1n) is 12.5. The minimum Gasteiger partial charge on any atom is -0.497 e. The molecule has 12 heteroatoms. The maximum atomic E-state index is 12.9. The lowest BCUT2D eigenvalue weighted by molar-refractivity contribution is -0.128. The number of furan rings is 1. The third-order valence-electron chi connectivity index (χ3n) is 6.41. The summed E-state index contributed by atoms with van der Waals surface area (Å²) in [7, 11) is -0.982. The van der Waals surface area contributed by atoms with Crippen LogP contribution >= 0.6 is 11.8 Å². The van der Waals surface area contributed by atoms with Crippen LogP contribution in [0.5, 0.6) is 11.5 Å². The molecule has 0 radical (unpaired) electrons. The summed E-state index contributed by atoms with van der Waals surface area (Å²) in [6.07, 6.45) is 1.58. The van der Waals surface area contributed by atoms with E-state index in [1.165, 1.54) is 50.2 Å². The molecule has 0 aliphatic carbocycles. The van der Waals surface area contributed by atoms with E-state index in [4.69, 9.17) is 13.9 Å². The highest BCUT2D eigenvalue weighted by atomic mass is 32.2. The van der Waals surface area contributed by atoms with Gasteiger partial charge in [0, 0.05) is 17.3 Å². The van der Waals surface area contributed by atoms with E-state index in [2.05, 4.69) is 10.0 Å². The molecule has 2 N–H and O–H groups in total. The van der Waals surface area contributed by atoms with E-state index < -0.39 is 10.0 Å². The molecular weight excluding hydrogens is 566 g/mol. The normalized spacial score (nSPS) is 15.0. The van der Waals surface area contributed by atoms with Crippen LogP contribution in [0, 0.1) is 0 Å². The molecule has 0 bridgehead atoms. The van der Waals surface area contributed by atoms with Crippen molar-refractivity contribution in [2.75, 3.05) is 30.0 Å². The van der Waals surface area contributed by atoms with Gasteiger partial charge in [0.25, 0.3) is 15.9 Å². The zero-order valence-corrected chi connectivity index (χ0v) is 23.8. The van der Waals surface area contributed by atoms with Crippen molar-refractivity contribution in [1.82, 2.24) is 4.90 Å². The van der Waals surface area contributed by atoms with E-state index in [0.717, 1.165) is 5.56 Å². The van der Waals surface area contributed by atoms with Crippen molar-refractivity contribution in [2.24, 2.45) is 0 Å². The van der Waals surface area contributed by atoms with Crippen molar-refractivity contribution in [2.45, 2.75) is 16.8 Å². The molecule has 3 aromatic carbocycles. The molecule has 212 valence electrons. The molecule has 0 spiro atoms. The van der Waals surface area contributed by atoms with E-state index in [-0.39, 0.29) is 27.8 Å². The largest absolute Gasteiger partial charge is 0.497 e. The number of hydrogen-bond donors (Lipinski definition) is 2. The van der Waals surface area contributed by atoms with Crippen LogP contribution < -0.4 is 19.5 Å². The number of nitrogens with one attached hydrogen (secondary N) is 2. The summed E-state index contributed by atoms with van der Waals surface area (Å²) < 4.78 is 44.2. The number of thioether (sulfide) groups is 1.